The van der Waals surface area contributed by atoms with Gasteiger partial charge in [0.2, 0.25) is 0 Å². The van der Waals surface area contributed by atoms with E-state index in [4.69, 9.17) is 16.3 Å². The molecule has 3 rings (SSSR count). The van der Waals surface area contributed by atoms with Gasteiger partial charge in [0.15, 0.2) is 0 Å². The van der Waals surface area contributed by atoms with Crippen molar-refractivity contribution >= 4 is 17.3 Å². The molecule has 4 nitrogen and oxygen atoms in total. The Morgan fingerprint density at radius 1 is 1.19 bits per heavy atom. The summed E-state index contributed by atoms with van der Waals surface area (Å²) in [5.41, 5.74) is 1.14. The maximum Gasteiger partial charge on any atom is 0.0822 e. The lowest BCUT2D eigenvalue weighted by atomic mass is 9.93. The smallest absolute Gasteiger partial charge is 0.0822 e. The Hall–Kier alpha value is -0.840. The minimum absolute atomic E-state index is 0.768. The van der Waals surface area contributed by atoms with E-state index in [0.717, 1.165) is 56.0 Å². The molecule has 0 atom stereocenters. The molecule has 1 aromatic heterocycles. The monoisotopic (exact) mass is 309 g/mol. The first-order valence-corrected chi connectivity index (χ1v) is 8.35. The van der Waals surface area contributed by atoms with Crippen molar-refractivity contribution in [3.63, 3.8) is 0 Å². The van der Waals surface area contributed by atoms with E-state index < -0.39 is 0 Å². The van der Waals surface area contributed by atoms with Gasteiger partial charge in [-0.3, -0.25) is 9.88 Å². The third-order valence-electron chi connectivity index (χ3n) is 4.66. The fourth-order valence-electron chi connectivity index (χ4n) is 3.28. The number of aromatic nitrogens is 1. The molecule has 0 saturated carbocycles. The fourth-order valence-corrected chi connectivity index (χ4v) is 3.52. The van der Waals surface area contributed by atoms with Crippen LogP contribution in [0, 0.1) is 5.92 Å². The fraction of sp³-hybridized carbons (Fsp3) is 0.688. The van der Waals surface area contributed by atoms with Gasteiger partial charge in [-0.25, -0.2) is 0 Å². The summed E-state index contributed by atoms with van der Waals surface area (Å²) in [5.74, 6) is 0.852. The molecule has 21 heavy (non-hydrogen) atoms. The zero-order chi connectivity index (χ0) is 14.5. The van der Waals surface area contributed by atoms with Gasteiger partial charge < -0.3 is 9.64 Å². The van der Waals surface area contributed by atoms with E-state index in [0.29, 0.717) is 0 Å². The molecule has 0 aliphatic carbocycles. The molecule has 5 heteroatoms. The van der Waals surface area contributed by atoms with Gasteiger partial charge in [-0.15, -0.1) is 0 Å². The molecule has 116 valence electrons. The highest BCUT2D eigenvalue weighted by atomic mass is 35.5. The molecule has 1 aromatic rings. The van der Waals surface area contributed by atoms with Crippen LogP contribution < -0.4 is 4.90 Å². The summed E-state index contributed by atoms with van der Waals surface area (Å²) < 4.78 is 5.40. The molecule has 0 radical (unpaired) electrons. The SMILES string of the molecule is Clc1cnccc1N1CCC(CCN2CCOCC2)CC1. The highest BCUT2D eigenvalue weighted by molar-refractivity contribution is 6.33. The third-order valence-corrected chi connectivity index (χ3v) is 4.95. The molecule has 0 aromatic carbocycles. The molecule has 2 aliphatic heterocycles. The number of rotatable bonds is 4. The van der Waals surface area contributed by atoms with Crippen LogP contribution in [0.2, 0.25) is 5.02 Å². The van der Waals surface area contributed by atoms with Crippen molar-refractivity contribution in [2.75, 3.05) is 50.8 Å². The van der Waals surface area contributed by atoms with Gasteiger partial charge in [0.05, 0.1) is 23.9 Å². The second-order valence-corrected chi connectivity index (χ2v) is 6.41. The van der Waals surface area contributed by atoms with Crippen LogP contribution in [-0.4, -0.2) is 55.8 Å². The van der Waals surface area contributed by atoms with Gasteiger partial charge in [0.1, 0.15) is 0 Å². The van der Waals surface area contributed by atoms with E-state index >= 15 is 0 Å². The molecule has 0 spiro atoms. The van der Waals surface area contributed by atoms with Crippen LogP contribution in [0.1, 0.15) is 19.3 Å². The zero-order valence-electron chi connectivity index (χ0n) is 12.5. The maximum absolute atomic E-state index is 6.23. The second-order valence-electron chi connectivity index (χ2n) is 6.00. The Morgan fingerprint density at radius 3 is 2.67 bits per heavy atom. The number of piperidine rings is 1. The molecule has 2 saturated heterocycles. The van der Waals surface area contributed by atoms with Crippen LogP contribution in [0.25, 0.3) is 0 Å². The first-order valence-electron chi connectivity index (χ1n) is 7.97. The zero-order valence-corrected chi connectivity index (χ0v) is 13.3. The number of nitrogens with zero attached hydrogens (tertiary/aromatic N) is 3. The molecule has 0 unspecified atom stereocenters. The van der Waals surface area contributed by atoms with Crippen molar-refractivity contribution in [1.82, 2.24) is 9.88 Å². The third kappa shape index (κ3) is 4.09. The van der Waals surface area contributed by atoms with Crippen molar-refractivity contribution in [1.29, 1.82) is 0 Å². The lowest BCUT2D eigenvalue weighted by Gasteiger charge is -2.35. The summed E-state index contributed by atoms with van der Waals surface area (Å²) in [6.07, 6.45) is 7.41. The summed E-state index contributed by atoms with van der Waals surface area (Å²) >= 11 is 6.23. The van der Waals surface area contributed by atoms with E-state index in [9.17, 15) is 0 Å². The van der Waals surface area contributed by atoms with Crippen molar-refractivity contribution in [2.45, 2.75) is 19.3 Å². The first kappa shape index (κ1) is 15.1. The molecule has 0 N–H and O–H groups in total. The molecule has 2 aliphatic rings. The Labute approximate surface area is 132 Å². The van der Waals surface area contributed by atoms with Crippen LogP contribution >= 0.6 is 11.6 Å². The normalized spacial score (nSPS) is 21.7. The largest absolute Gasteiger partial charge is 0.379 e. The highest BCUT2D eigenvalue weighted by Gasteiger charge is 2.21. The number of anilines is 1. The molecule has 3 heterocycles. The van der Waals surface area contributed by atoms with Crippen LogP contribution in [0.3, 0.4) is 0 Å². The van der Waals surface area contributed by atoms with E-state index in [1.54, 1.807) is 6.20 Å². The quantitative estimate of drug-likeness (QED) is 0.855. The number of morpholine rings is 1. The van der Waals surface area contributed by atoms with Gasteiger partial charge >= 0.3 is 0 Å². The molecule has 0 amide bonds. The summed E-state index contributed by atoms with van der Waals surface area (Å²) in [6.45, 7) is 7.45. The minimum atomic E-state index is 0.768. The summed E-state index contributed by atoms with van der Waals surface area (Å²) in [6, 6.07) is 2.02. The van der Waals surface area contributed by atoms with Gasteiger partial charge in [-0.05, 0) is 37.8 Å². The summed E-state index contributed by atoms with van der Waals surface area (Å²) in [4.78, 5) is 9.00. The molecular formula is C16H24ClN3O. The number of hydrogen-bond acceptors (Lipinski definition) is 4. The Morgan fingerprint density at radius 2 is 1.95 bits per heavy atom. The van der Waals surface area contributed by atoms with Crippen LogP contribution in [0.15, 0.2) is 18.5 Å². The highest BCUT2D eigenvalue weighted by Crippen LogP contribution is 2.29. The summed E-state index contributed by atoms with van der Waals surface area (Å²) in [7, 11) is 0. The lowest BCUT2D eigenvalue weighted by molar-refractivity contribution is 0.0349. The number of hydrogen-bond donors (Lipinski definition) is 0. The average Bonchev–Trinajstić information content (AvgIpc) is 2.55. The first-order chi connectivity index (χ1) is 10.3. The van der Waals surface area contributed by atoms with Crippen LogP contribution in [-0.2, 0) is 4.74 Å². The minimum Gasteiger partial charge on any atom is -0.379 e. The number of halogens is 1. The van der Waals surface area contributed by atoms with Crippen molar-refractivity contribution in [3.05, 3.63) is 23.5 Å². The maximum atomic E-state index is 6.23. The second kappa shape index (κ2) is 7.43. The average molecular weight is 310 g/mol. The van der Waals surface area contributed by atoms with Crippen molar-refractivity contribution in [3.8, 4) is 0 Å². The predicted octanol–water partition coefficient (Wildman–Crippen LogP) is 2.67. The topological polar surface area (TPSA) is 28.6 Å². The Kier molecular flexibility index (Phi) is 5.33. The number of ether oxygens (including phenoxy) is 1. The van der Waals surface area contributed by atoms with Crippen molar-refractivity contribution < 1.29 is 4.74 Å². The van der Waals surface area contributed by atoms with Gasteiger partial charge in [0.25, 0.3) is 0 Å². The van der Waals surface area contributed by atoms with E-state index in [1.165, 1.54) is 25.8 Å². The predicted molar refractivity (Wildman–Crippen MR) is 86.1 cm³/mol. The van der Waals surface area contributed by atoms with E-state index in [1.807, 2.05) is 12.3 Å². The molecular weight excluding hydrogens is 286 g/mol. The van der Waals surface area contributed by atoms with Crippen LogP contribution in [0.5, 0.6) is 0 Å². The van der Waals surface area contributed by atoms with Gasteiger partial charge in [0, 0.05) is 38.6 Å². The molecule has 0 bridgehead atoms. The lowest BCUT2D eigenvalue weighted by Crippen LogP contribution is -2.39. The van der Waals surface area contributed by atoms with E-state index in [2.05, 4.69) is 14.8 Å². The Balaban J connectivity index is 1.43. The summed E-state index contributed by atoms with van der Waals surface area (Å²) in [5, 5.41) is 0.768. The molecule has 2 fully saturated rings. The van der Waals surface area contributed by atoms with Gasteiger partial charge in [-0.2, -0.15) is 0 Å². The Bertz CT molecular complexity index is 443. The van der Waals surface area contributed by atoms with E-state index in [-0.39, 0.29) is 0 Å². The van der Waals surface area contributed by atoms with Crippen LogP contribution in [0.4, 0.5) is 5.69 Å². The van der Waals surface area contributed by atoms with Gasteiger partial charge in [-0.1, -0.05) is 11.6 Å². The number of pyridine rings is 1. The standard InChI is InChI=1S/C16H24ClN3O/c17-15-13-18-5-1-16(15)20-7-3-14(4-8-20)2-6-19-9-11-21-12-10-19/h1,5,13-14H,2-4,6-12H2. The van der Waals surface area contributed by atoms with Crippen molar-refractivity contribution in [2.24, 2.45) is 5.92 Å².